The minimum Gasteiger partial charge on any atom is -0.212 e. The maximum atomic E-state index is 11.2. The molecule has 0 bridgehead atoms. The lowest BCUT2D eigenvalue weighted by Crippen LogP contribution is -1.44. The minimum atomic E-state index is -0.204. The molecule has 0 amide bonds. The Bertz CT molecular complexity index is 44.9. The molecular weight excluding hydrogens is 135 g/mol. The van der Waals surface area contributed by atoms with Crippen LogP contribution in [-0.2, 0) is 0 Å². The molecule has 0 aromatic rings. The Labute approximate surface area is 38.8 Å². The summed E-state index contributed by atoms with van der Waals surface area (Å²) in [6, 6.07) is 0. The summed E-state index contributed by atoms with van der Waals surface area (Å²) in [6.07, 6.45) is 0. The van der Waals surface area contributed by atoms with Crippen molar-refractivity contribution >= 4 is 15.9 Å². The van der Waals surface area contributed by atoms with Crippen LogP contribution in [0.25, 0.3) is 0 Å². The monoisotopic (exact) mass is 138 g/mol. The van der Waals surface area contributed by atoms with Gasteiger partial charge in [-0.3, -0.25) is 0 Å². The molecule has 0 heterocycles. The molecule has 0 aliphatic rings. The summed E-state index contributed by atoms with van der Waals surface area (Å²) in [4.78, 5) is 1.23. The molecule has 0 aliphatic heterocycles. The Morgan fingerprint density at radius 2 is 2.20 bits per heavy atom. The molecule has 0 aliphatic carbocycles. The van der Waals surface area contributed by atoms with E-state index >= 15 is 0 Å². The average Bonchev–Trinajstić information content (AvgIpc) is 1.38. The maximum Gasteiger partial charge on any atom is 0.104 e. The van der Waals surface area contributed by atoms with Gasteiger partial charge in [-0.25, -0.2) is 4.39 Å². The van der Waals surface area contributed by atoms with Crippen molar-refractivity contribution in [2.24, 2.45) is 0 Å². The fourth-order valence-electron chi connectivity index (χ4n) is 0. The van der Waals surface area contributed by atoms with E-state index in [9.17, 15) is 4.39 Å². The van der Waals surface area contributed by atoms with E-state index in [1.165, 1.54) is 11.9 Å². The molecule has 0 saturated heterocycles. The quantitative estimate of drug-likeness (QED) is 0.482. The van der Waals surface area contributed by atoms with Crippen LogP contribution in [0.2, 0.25) is 0 Å². The van der Waals surface area contributed by atoms with Crippen LogP contribution in [-0.4, -0.2) is 0 Å². The van der Waals surface area contributed by atoms with E-state index in [1.807, 2.05) is 0 Å². The van der Waals surface area contributed by atoms with Crippen LogP contribution in [0.3, 0.4) is 0 Å². The molecule has 0 unspecified atom stereocenters. The maximum absolute atomic E-state index is 11.2. The van der Waals surface area contributed by atoms with Crippen LogP contribution < -0.4 is 0 Å². The predicted molar refractivity (Wildman–Crippen MR) is 23.8 cm³/mol. The highest BCUT2D eigenvalue weighted by Gasteiger charge is 1.68. The fraction of sp³-hybridized carbons (Fsp3) is 0.333. The zero-order valence-electron chi connectivity index (χ0n) is 2.83. The van der Waals surface area contributed by atoms with Gasteiger partial charge in [0.1, 0.15) is 5.83 Å². The summed E-state index contributed by atoms with van der Waals surface area (Å²) in [6.45, 7) is 1.37. The van der Waals surface area contributed by atoms with E-state index < -0.39 is 0 Å². The minimum absolute atomic E-state index is 0.204. The lowest BCUT2D eigenvalue weighted by Gasteiger charge is -1.66. The van der Waals surface area contributed by atoms with Crippen molar-refractivity contribution in [1.82, 2.24) is 0 Å². The number of allylic oxidation sites excluding steroid dienone is 1. The van der Waals surface area contributed by atoms with Gasteiger partial charge in [0.15, 0.2) is 0 Å². The first-order chi connectivity index (χ1) is 2.27. The van der Waals surface area contributed by atoms with Crippen molar-refractivity contribution in [3.63, 3.8) is 0 Å². The van der Waals surface area contributed by atoms with Gasteiger partial charge in [0.25, 0.3) is 0 Å². The normalized spacial score (nSPS) is 12.2. The van der Waals surface area contributed by atoms with Crippen LogP contribution in [0.4, 0.5) is 4.39 Å². The van der Waals surface area contributed by atoms with Crippen LogP contribution in [0, 0.1) is 0 Å². The third-order valence-corrected chi connectivity index (χ3v) is 0.781. The Hall–Kier alpha value is 0.150. The fourth-order valence-corrected chi connectivity index (χ4v) is 0. The van der Waals surface area contributed by atoms with E-state index in [1.54, 1.807) is 0 Å². The number of rotatable bonds is 0. The molecule has 0 aromatic carbocycles. The Morgan fingerprint density at radius 1 is 2.00 bits per heavy atom. The first-order valence-electron chi connectivity index (χ1n) is 1.20. The van der Waals surface area contributed by atoms with Crippen LogP contribution >= 0.6 is 15.9 Å². The molecule has 0 saturated carbocycles. The molecule has 5 heavy (non-hydrogen) atoms. The van der Waals surface area contributed by atoms with E-state index in [2.05, 4.69) is 15.9 Å². The summed E-state index contributed by atoms with van der Waals surface area (Å²) >= 11 is 2.78. The van der Waals surface area contributed by atoms with E-state index in [0.717, 1.165) is 0 Å². The van der Waals surface area contributed by atoms with Gasteiger partial charge in [-0.1, -0.05) is 15.9 Å². The van der Waals surface area contributed by atoms with Crippen molar-refractivity contribution in [3.05, 3.63) is 10.8 Å². The van der Waals surface area contributed by atoms with E-state index in [0.29, 0.717) is 0 Å². The average molecular weight is 139 g/mol. The van der Waals surface area contributed by atoms with Gasteiger partial charge in [-0.05, 0) is 6.92 Å². The summed E-state index contributed by atoms with van der Waals surface area (Å²) in [5.74, 6) is -0.204. The van der Waals surface area contributed by atoms with Gasteiger partial charge in [-0.2, -0.15) is 0 Å². The summed E-state index contributed by atoms with van der Waals surface area (Å²) < 4.78 is 11.2. The predicted octanol–water partition coefficient (Wildman–Crippen LogP) is 2.21. The molecule has 2 heteroatoms. The third-order valence-electron chi connectivity index (χ3n) is 0.150. The van der Waals surface area contributed by atoms with Gasteiger partial charge < -0.3 is 0 Å². The van der Waals surface area contributed by atoms with Crippen molar-refractivity contribution in [1.29, 1.82) is 0 Å². The molecule has 0 radical (unpaired) electrons. The SMILES string of the molecule is C/C(F)=C/Br. The second-order valence-electron chi connectivity index (χ2n) is 0.696. The highest BCUT2D eigenvalue weighted by atomic mass is 79.9. The van der Waals surface area contributed by atoms with Gasteiger partial charge >= 0.3 is 0 Å². The topological polar surface area (TPSA) is 0 Å². The second kappa shape index (κ2) is 2.39. The molecule has 0 fully saturated rings. The van der Waals surface area contributed by atoms with Gasteiger partial charge in [0, 0.05) is 4.99 Å². The summed E-state index contributed by atoms with van der Waals surface area (Å²) in [5, 5.41) is 0. The molecule has 0 N–H and O–H groups in total. The van der Waals surface area contributed by atoms with Gasteiger partial charge in [0.2, 0.25) is 0 Å². The van der Waals surface area contributed by atoms with Crippen molar-refractivity contribution in [3.8, 4) is 0 Å². The van der Waals surface area contributed by atoms with E-state index in [-0.39, 0.29) is 5.83 Å². The van der Waals surface area contributed by atoms with E-state index in [4.69, 9.17) is 0 Å². The molecule has 0 spiro atoms. The highest BCUT2D eigenvalue weighted by Crippen LogP contribution is 1.94. The van der Waals surface area contributed by atoms with Crippen LogP contribution in [0.5, 0.6) is 0 Å². The highest BCUT2D eigenvalue weighted by molar-refractivity contribution is 9.11. The lowest BCUT2D eigenvalue weighted by molar-refractivity contribution is 0.644. The van der Waals surface area contributed by atoms with Gasteiger partial charge in [-0.15, -0.1) is 0 Å². The molecule has 30 valence electrons. The summed E-state index contributed by atoms with van der Waals surface area (Å²) in [7, 11) is 0. The molecular formula is C3H4BrF. The molecule has 0 atom stereocenters. The Morgan fingerprint density at radius 3 is 2.20 bits per heavy atom. The first-order valence-corrected chi connectivity index (χ1v) is 2.11. The number of halogens is 2. The molecule has 0 aromatic heterocycles. The van der Waals surface area contributed by atoms with Crippen molar-refractivity contribution in [2.75, 3.05) is 0 Å². The standard InChI is InChI=1S/C3H4BrF/c1-3(5)2-4/h2H,1H3/b3-2-. The Kier molecular flexibility index (Phi) is 2.46. The first kappa shape index (κ1) is 5.15. The van der Waals surface area contributed by atoms with Crippen molar-refractivity contribution < 1.29 is 4.39 Å². The smallest absolute Gasteiger partial charge is 0.104 e. The van der Waals surface area contributed by atoms with Crippen LogP contribution in [0.1, 0.15) is 6.92 Å². The number of hydrogen-bond donors (Lipinski definition) is 0. The lowest BCUT2D eigenvalue weighted by atomic mass is 10.7. The summed E-state index contributed by atoms with van der Waals surface area (Å²) in [5.41, 5.74) is 0. The zero-order chi connectivity index (χ0) is 4.28. The van der Waals surface area contributed by atoms with Gasteiger partial charge in [0.05, 0.1) is 0 Å². The molecule has 0 rings (SSSR count). The second-order valence-corrected chi connectivity index (χ2v) is 1.15. The largest absolute Gasteiger partial charge is 0.212 e. The molecule has 0 nitrogen and oxygen atoms in total. The number of hydrogen-bond acceptors (Lipinski definition) is 0. The van der Waals surface area contributed by atoms with Crippen molar-refractivity contribution in [2.45, 2.75) is 6.92 Å². The Balaban J connectivity index is 3.14. The third kappa shape index (κ3) is 4.15. The zero-order valence-corrected chi connectivity index (χ0v) is 4.42. The van der Waals surface area contributed by atoms with Crippen LogP contribution in [0.15, 0.2) is 10.8 Å².